The summed E-state index contributed by atoms with van der Waals surface area (Å²) < 4.78 is 0. The maximum atomic E-state index is 12.9. The van der Waals surface area contributed by atoms with Crippen molar-refractivity contribution in [3.8, 4) is 0 Å². The topological polar surface area (TPSA) is 222 Å². The van der Waals surface area contributed by atoms with Crippen molar-refractivity contribution in [1.82, 2.24) is 25.9 Å². The molecule has 4 unspecified atom stereocenters. The number of imidazole rings is 1. The first-order valence-electron chi connectivity index (χ1n) is 10.8. The SMILES string of the molecule is CC(NC(=O)C(Cc1cnc[nH]1)NC(=O)C(N)Cc1ccccc1)C(=O)NC(CC(N)=O)C(=O)O. The van der Waals surface area contributed by atoms with Gasteiger partial charge in [0.2, 0.25) is 23.6 Å². The average Bonchev–Trinajstić information content (AvgIpc) is 3.31. The Morgan fingerprint density at radius 1 is 0.971 bits per heavy atom. The van der Waals surface area contributed by atoms with Gasteiger partial charge in [-0.1, -0.05) is 30.3 Å². The fourth-order valence-corrected chi connectivity index (χ4v) is 3.14. The Bertz CT molecular complexity index is 1030. The predicted octanol–water partition coefficient (Wildman–Crippen LogP) is -2.04. The minimum atomic E-state index is -1.55. The highest BCUT2D eigenvalue weighted by Crippen LogP contribution is 2.05. The summed E-state index contributed by atoms with van der Waals surface area (Å²) in [6, 6.07) is 4.35. The molecule has 2 rings (SSSR count). The van der Waals surface area contributed by atoms with Gasteiger partial charge in [-0.2, -0.15) is 0 Å². The molecule has 0 bridgehead atoms. The third kappa shape index (κ3) is 8.89. The number of carbonyl (C=O) groups excluding carboxylic acids is 4. The highest BCUT2D eigenvalue weighted by molar-refractivity contribution is 5.94. The standard InChI is InChI=1S/C22H29N7O6/c1-12(19(31)29-17(22(34)35)9-18(24)30)27-21(33)16(8-14-10-25-11-26-14)28-20(32)15(23)7-13-5-3-2-4-6-13/h2-6,10-12,15-17H,7-9,23H2,1H3,(H2,24,30)(H,25,26)(H,27,33)(H,28,32)(H,29,31)(H,34,35). The van der Waals surface area contributed by atoms with Crippen molar-refractivity contribution in [3.05, 3.63) is 54.1 Å². The van der Waals surface area contributed by atoms with Crippen LogP contribution in [0.3, 0.4) is 0 Å². The van der Waals surface area contributed by atoms with Crippen molar-refractivity contribution < 1.29 is 29.1 Å². The Hall–Kier alpha value is -4.26. The summed E-state index contributed by atoms with van der Waals surface area (Å²) in [6.07, 6.45) is 2.56. The van der Waals surface area contributed by atoms with E-state index in [9.17, 15) is 24.0 Å². The molecule has 35 heavy (non-hydrogen) atoms. The number of nitrogens with one attached hydrogen (secondary N) is 4. The zero-order valence-corrected chi connectivity index (χ0v) is 19.1. The van der Waals surface area contributed by atoms with Gasteiger partial charge in [0.15, 0.2) is 0 Å². The fraction of sp³-hybridized carbons (Fsp3) is 0.364. The fourth-order valence-electron chi connectivity index (χ4n) is 3.14. The van der Waals surface area contributed by atoms with Crippen LogP contribution in [0.1, 0.15) is 24.6 Å². The Morgan fingerprint density at radius 2 is 1.63 bits per heavy atom. The van der Waals surface area contributed by atoms with Crippen LogP contribution in [0.15, 0.2) is 42.9 Å². The molecule has 0 spiro atoms. The number of aromatic amines is 1. The van der Waals surface area contributed by atoms with E-state index in [1.54, 1.807) is 0 Å². The van der Waals surface area contributed by atoms with Gasteiger partial charge in [-0.15, -0.1) is 0 Å². The number of aromatic nitrogens is 2. The Labute approximate surface area is 201 Å². The number of hydrogen-bond acceptors (Lipinski definition) is 7. The molecule has 1 heterocycles. The van der Waals surface area contributed by atoms with E-state index in [-0.39, 0.29) is 12.8 Å². The second-order valence-corrected chi connectivity index (χ2v) is 7.94. The lowest BCUT2D eigenvalue weighted by Crippen LogP contribution is -2.57. The van der Waals surface area contributed by atoms with Crippen LogP contribution in [0.4, 0.5) is 0 Å². The van der Waals surface area contributed by atoms with E-state index in [2.05, 4.69) is 25.9 Å². The van der Waals surface area contributed by atoms with Crippen LogP contribution in [-0.2, 0) is 36.8 Å². The van der Waals surface area contributed by atoms with Gasteiger partial charge in [0, 0.05) is 18.3 Å². The van der Waals surface area contributed by atoms with Crippen LogP contribution in [0.2, 0.25) is 0 Å². The molecule has 0 aliphatic heterocycles. The van der Waals surface area contributed by atoms with Gasteiger partial charge < -0.3 is 37.5 Å². The number of amides is 4. The van der Waals surface area contributed by atoms with Crippen molar-refractivity contribution in [2.45, 2.75) is 50.4 Å². The number of rotatable bonds is 13. The zero-order valence-electron chi connectivity index (χ0n) is 19.1. The number of carboxylic acid groups (broad SMARTS) is 1. The van der Waals surface area contributed by atoms with Crippen molar-refractivity contribution >= 4 is 29.6 Å². The monoisotopic (exact) mass is 487 g/mol. The maximum Gasteiger partial charge on any atom is 0.326 e. The van der Waals surface area contributed by atoms with E-state index in [1.165, 1.54) is 19.4 Å². The molecule has 188 valence electrons. The van der Waals surface area contributed by atoms with E-state index in [0.717, 1.165) is 5.56 Å². The van der Waals surface area contributed by atoms with Gasteiger partial charge in [-0.3, -0.25) is 19.2 Å². The summed E-state index contributed by atoms with van der Waals surface area (Å²) in [5, 5.41) is 16.3. The van der Waals surface area contributed by atoms with Gasteiger partial charge >= 0.3 is 5.97 Å². The molecular weight excluding hydrogens is 458 g/mol. The molecule has 4 amide bonds. The number of primary amides is 1. The summed E-state index contributed by atoms with van der Waals surface area (Å²) in [6.45, 7) is 1.33. The molecule has 13 nitrogen and oxygen atoms in total. The third-order valence-corrected chi connectivity index (χ3v) is 5.02. The molecular formula is C22H29N7O6. The van der Waals surface area contributed by atoms with Crippen molar-refractivity contribution in [2.24, 2.45) is 11.5 Å². The predicted molar refractivity (Wildman–Crippen MR) is 123 cm³/mol. The van der Waals surface area contributed by atoms with Crippen LogP contribution >= 0.6 is 0 Å². The molecule has 0 saturated heterocycles. The van der Waals surface area contributed by atoms with Gasteiger partial charge in [0.25, 0.3) is 0 Å². The number of nitrogens with zero attached hydrogens (tertiary/aromatic N) is 1. The summed E-state index contributed by atoms with van der Waals surface area (Å²) in [5.74, 6) is -4.49. The highest BCUT2D eigenvalue weighted by atomic mass is 16.4. The number of nitrogens with two attached hydrogens (primary N) is 2. The van der Waals surface area contributed by atoms with E-state index < -0.39 is 60.2 Å². The van der Waals surface area contributed by atoms with E-state index in [4.69, 9.17) is 16.6 Å². The Morgan fingerprint density at radius 3 is 2.20 bits per heavy atom. The maximum absolute atomic E-state index is 12.9. The first-order valence-corrected chi connectivity index (χ1v) is 10.8. The summed E-state index contributed by atoms with van der Waals surface area (Å²) in [4.78, 5) is 67.0. The number of aliphatic carboxylic acids is 1. The van der Waals surface area contributed by atoms with Gasteiger partial charge in [0.1, 0.15) is 18.1 Å². The number of carbonyl (C=O) groups is 5. The highest BCUT2D eigenvalue weighted by Gasteiger charge is 2.29. The minimum Gasteiger partial charge on any atom is -0.480 e. The lowest BCUT2D eigenvalue weighted by atomic mass is 10.0. The lowest BCUT2D eigenvalue weighted by Gasteiger charge is -2.23. The molecule has 0 fully saturated rings. The number of carboxylic acids is 1. The molecule has 1 aromatic heterocycles. The Balaban J connectivity index is 2.05. The molecule has 4 atom stereocenters. The van der Waals surface area contributed by atoms with Crippen LogP contribution in [0.5, 0.6) is 0 Å². The van der Waals surface area contributed by atoms with Crippen molar-refractivity contribution in [3.63, 3.8) is 0 Å². The smallest absolute Gasteiger partial charge is 0.326 e. The molecule has 0 aliphatic rings. The van der Waals surface area contributed by atoms with Crippen molar-refractivity contribution in [1.29, 1.82) is 0 Å². The molecule has 13 heteroatoms. The summed E-state index contributed by atoms with van der Waals surface area (Å²) in [7, 11) is 0. The van der Waals surface area contributed by atoms with Gasteiger partial charge in [-0.25, -0.2) is 9.78 Å². The third-order valence-electron chi connectivity index (χ3n) is 5.02. The van der Waals surface area contributed by atoms with Crippen LogP contribution in [0.25, 0.3) is 0 Å². The van der Waals surface area contributed by atoms with Gasteiger partial charge in [-0.05, 0) is 18.9 Å². The summed E-state index contributed by atoms with van der Waals surface area (Å²) in [5.41, 5.74) is 12.4. The number of H-pyrrole nitrogens is 1. The first kappa shape index (κ1) is 27.0. The molecule has 0 saturated carbocycles. The quantitative estimate of drug-likeness (QED) is 0.166. The molecule has 0 aliphatic carbocycles. The normalized spacial score (nSPS) is 14.1. The molecule has 9 N–H and O–H groups in total. The molecule has 2 aromatic rings. The van der Waals surface area contributed by atoms with Crippen LogP contribution in [0, 0.1) is 0 Å². The second kappa shape index (κ2) is 12.8. The second-order valence-electron chi connectivity index (χ2n) is 7.94. The van der Waals surface area contributed by atoms with E-state index in [0.29, 0.717) is 5.69 Å². The van der Waals surface area contributed by atoms with E-state index in [1.807, 2.05) is 30.3 Å². The largest absolute Gasteiger partial charge is 0.480 e. The van der Waals surface area contributed by atoms with E-state index >= 15 is 0 Å². The van der Waals surface area contributed by atoms with Crippen molar-refractivity contribution in [2.75, 3.05) is 0 Å². The molecule has 0 radical (unpaired) electrons. The number of benzene rings is 1. The summed E-state index contributed by atoms with van der Waals surface area (Å²) >= 11 is 0. The van der Waals surface area contributed by atoms with Crippen LogP contribution in [-0.4, -0.2) is 68.8 Å². The van der Waals surface area contributed by atoms with Crippen LogP contribution < -0.4 is 27.4 Å². The number of hydrogen-bond donors (Lipinski definition) is 7. The zero-order chi connectivity index (χ0) is 26.0. The molecule has 1 aromatic carbocycles. The minimum absolute atomic E-state index is 0.0311. The van der Waals surface area contributed by atoms with Gasteiger partial charge in [0.05, 0.1) is 18.8 Å². The average molecular weight is 488 g/mol. The Kier molecular flexibility index (Phi) is 9.90. The lowest BCUT2D eigenvalue weighted by molar-refractivity contribution is -0.143. The first-order chi connectivity index (χ1) is 16.6.